The van der Waals surface area contributed by atoms with Gasteiger partial charge in [-0.2, -0.15) is 6.07 Å². The Morgan fingerprint density at radius 1 is 0.740 bits per heavy atom. The van der Waals surface area contributed by atoms with Crippen molar-refractivity contribution >= 4 is 61.9 Å². The average Bonchev–Trinajstić information content (AvgIpc) is 3.83. The van der Waals surface area contributed by atoms with Crippen LogP contribution in [-0.4, -0.2) is 33.0 Å². The van der Waals surface area contributed by atoms with Gasteiger partial charge in [-0.3, -0.25) is 4.98 Å². The van der Waals surface area contributed by atoms with E-state index in [1.54, 1.807) is 6.20 Å². The Morgan fingerprint density at radius 3 is 2.36 bits per heavy atom. The Morgan fingerprint density at radius 2 is 1.50 bits per heavy atom. The minimum Gasteiger partial charge on any atom is -0.503 e. The summed E-state index contributed by atoms with van der Waals surface area (Å²) >= 11 is 0. The summed E-state index contributed by atoms with van der Waals surface area (Å²) in [6, 6.07) is 40.3. The summed E-state index contributed by atoms with van der Waals surface area (Å²) in [5.74, 6) is 2.82. The van der Waals surface area contributed by atoms with Gasteiger partial charge in [0.15, 0.2) is 5.58 Å². The number of hydrogen-bond acceptors (Lipinski definition) is 5. The fourth-order valence-corrected chi connectivity index (χ4v) is 7.61. The van der Waals surface area contributed by atoms with Crippen LogP contribution in [0.4, 0.5) is 5.69 Å². The summed E-state index contributed by atoms with van der Waals surface area (Å²) in [5.41, 5.74) is 9.25. The van der Waals surface area contributed by atoms with Crippen LogP contribution in [0, 0.1) is 26.0 Å². The Kier molecular flexibility index (Phi) is 7.01. The molecule has 10 rings (SSSR count). The topological polar surface area (TPSA) is 61.2 Å². The Balaban J connectivity index is 0.00000336. The molecule has 7 nitrogen and oxygen atoms in total. The minimum absolute atomic E-state index is 0. The first kappa shape index (κ1) is 30.5. The molecule has 0 N–H and O–H groups in total. The van der Waals surface area contributed by atoms with E-state index in [1.807, 2.05) is 42.7 Å². The van der Waals surface area contributed by atoms with E-state index < -0.39 is 0 Å². The van der Waals surface area contributed by atoms with Crippen molar-refractivity contribution in [3.63, 3.8) is 0 Å². The van der Waals surface area contributed by atoms with E-state index in [2.05, 4.69) is 114 Å². The molecule has 0 saturated heterocycles. The molecule has 5 heterocycles. The van der Waals surface area contributed by atoms with Crippen molar-refractivity contribution in [2.24, 2.45) is 0 Å². The molecule has 0 aliphatic carbocycles. The molecule has 9 heteroatoms. The molecule has 0 amide bonds. The number of anilines is 1. The molecule has 0 saturated carbocycles. The van der Waals surface area contributed by atoms with Gasteiger partial charge in [0, 0.05) is 46.0 Å². The van der Waals surface area contributed by atoms with Crippen LogP contribution < -0.4 is 15.0 Å². The molecule has 0 radical (unpaired) electrons. The van der Waals surface area contributed by atoms with Crippen LogP contribution in [-0.2, 0) is 21.1 Å². The molecular formula is C41H28BN5O2Pt. The molecule has 242 valence electrons. The van der Waals surface area contributed by atoms with Gasteiger partial charge in [0.25, 0.3) is 0 Å². The van der Waals surface area contributed by atoms with Gasteiger partial charge < -0.3 is 23.0 Å². The number of fused-ring (bicyclic) bond motifs is 9. The van der Waals surface area contributed by atoms with Crippen LogP contribution in [0.25, 0.3) is 61.0 Å². The number of rotatable bonds is 4. The van der Waals surface area contributed by atoms with Crippen molar-refractivity contribution in [3.8, 4) is 28.7 Å². The van der Waals surface area contributed by atoms with E-state index in [0.29, 0.717) is 11.5 Å². The van der Waals surface area contributed by atoms with Crippen LogP contribution in [0.1, 0.15) is 11.1 Å². The predicted molar refractivity (Wildman–Crippen MR) is 196 cm³/mol. The maximum atomic E-state index is 6.52. The molecule has 4 aromatic heterocycles. The van der Waals surface area contributed by atoms with Gasteiger partial charge in [-0.25, -0.2) is 4.98 Å². The zero-order chi connectivity index (χ0) is 32.8. The third-order valence-corrected chi connectivity index (χ3v) is 9.86. The third kappa shape index (κ3) is 4.48. The second-order valence-electron chi connectivity index (χ2n) is 12.7. The summed E-state index contributed by atoms with van der Waals surface area (Å²) in [4.78, 5) is 11.9. The molecule has 9 aromatic rings. The van der Waals surface area contributed by atoms with E-state index in [4.69, 9.17) is 19.1 Å². The van der Waals surface area contributed by atoms with Gasteiger partial charge >= 0.3 is 28.0 Å². The standard InChI is InChI=1S/C41H28BN5O2.Pt/c1-25-9-8-10-26(2)40(25)42-45(3)34-18-16-27(21-33(34)41-43-19-20-46(41)42)48-28-15-17-30-29-11-4-6-13-35(29)47(36(30)22-28)39-23-32-31-12-5-7-14-37(31)49-38(32)24-44-39;/h4-20,23-24H,1-3H3;/q-2;+2. The normalized spacial score (nSPS) is 12.5. The predicted octanol–water partition coefficient (Wildman–Crippen LogP) is 8.64. The van der Waals surface area contributed by atoms with E-state index in [1.165, 1.54) is 16.6 Å². The SMILES string of the molecule is Cc1cccc(C)c1B1N(C)c2ccc(Oc3[c-]c4c(cc3)c3ccccc3n4-c3cc4c(cn3)oc3ccccc34)[c-]c2-c2nccn21.[Pt+2]. The van der Waals surface area contributed by atoms with Crippen LogP contribution in [0.5, 0.6) is 11.5 Å². The number of hydrogen-bond donors (Lipinski definition) is 0. The van der Waals surface area contributed by atoms with Gasteiger partial charge in [0.2, 0.25) is 0 Å². The molecule has 0 spiro atoms. The second-order valence-corrected chi connectivity index (χ2v) is 12.7. The first-order valence-corrected chi connectivity index (χ1v) is 16.3. The number of furan rings is 1. The molecule has 0 unspecified atom stereocenters. The molecule has 0 atom stereocenters. The summed E-state index contributed by atoms with van der Waals surface area (Å²) in [7, 11) is 2.13. The number of ether oxygens (including phenoxy) is 1. The van der Waals surface area contributed by atoms with Crippen molar-refractivity contribution < 1.29 is 30.2 Å². The van der Waals surface area contributed by atoms with Crippen molar-refractivity contribution in [2.75, 3.05) is 11.9 Å². The monoisotopic (exact) mass is 828 g/mol. The van der Waals surface area contributed by atoms with Crippen molar-refractivity contribution in [1.29, 1.82) is 0 Å². The number of aryl methyl sites for hydroxylation is 2. The van der Waals surface area contributed by atoms with E-state index in [9.17, 15) is 0 Å². The molecule has 1 aliphatic heterocycles. The van der Waals surface area contributed by atoms with Crippen molar-refractivity contribution in [3.05, 3.63) is 139 Å². The first-order chi connectivity index (χ1) is 24.0. The zero-order valence-electron chi connectivity index (χ0n) is 27.4. The van der Waals surface area contributed by atoms with Crippen LogP contribution >= 0.6 is 0 Å². The quantitative estimate of drug-likeness (QED) is 0.131. The van der Waals surface area contributed by atoms with Crippen LogP contribution in [0.3, 0.4) is 0 Å². The van der Waals surface area contributed by atoms with Gasteiger partial charge in [-0.1, -0.05) is 94.6 Å². The Bertz CT molecular complexity index is 2760. The van der Waals surface area contributed by atoms with Gasteiger partial charge in [0.05, 0.1) is 6.20 Å². The fraction of sp³-hybridized carbons (Fsp3) is 0.0732. The van der Waals surface area contributed by atoms with Crippen LogP contribution in [0.15, 0.2) is 120 Å². The Hall–Kier alpha value is -5.59. The Labute approximate surface area is 303 Å². The maximum absolute atomic E-state index is 6.52. The van der Waals surface area contributed by atoms with Crippen LogP contribution in [0.2, 0.25) is 0 Å². The van der Waals surface area contributed by atoms with Gasteiger partial charge in [0.1, 0.15) is 11.4 Å². The van der Waals surface area contributed by atoms with E-state index in [0.717, 1.165) is 66.6 Å². The minimum atomic E-state index is -0.0168. The number of aromatic nitrogens is 4. The van der Waals surface area contributed by atoms with Crippen molar-refractivity contribution in [1.82, 2.24) is 19.0 Å². The fourth-order valence-electron chi connectivity index (χ4n) is 7.61. The van der Waals surface area contributed by atoms with E-state index >= 15 is 0 Å². The molecule has 5 aromatic carbocycles. The number of nitrogens with zero attached hydrogens (tertiary/aromatic N) is 5. The van der Waals surface area contributed by atoms with Gasteiger partial charge in [-0.05, 0) is 49.9 Å². The summed E-state index contributed by atoms with van der Waals surface area (Å²) in [5, 5.41) is 4.26. The molecule has 50 heavy (non-hydrogen) atoms. The molecule has 0 fully saturated rings. The number of imidazole rings is 1. The largest absolute Gasteiger partial charge is 2.00 e. The third-order valence-electron chi connectivity index (χ3n) is 9.86. The summed E-state index contributed by atoms with van der Waals surface area (Å²) in [6.45, 7) is 4.33. The second kappa shape index (κ2) is 11.5. The van der Waals surface area contributed by atoms with E-state index in [-0.39, 0.29) is 28.0 Å². The van der Waals surface area contributed by atoms with Gasteiger partial charge in [-0.15, -0.1) is 23.6 Å². The van der Waals surface area contributed by atoms with Crippen molar-refractivity contribution in [2.45, 2.75) is 13.8 Å². The number of para-hydroxylation sites is 2. The first-order valence-electron chi connectivity index (χ1n) is 16.3. The summed E-state index contributed by atoms with van der Waals surface area (Å²) < 4.78 is 17.0. The molecule has 1 aliphatic rings. The molecule has 0 bridgehead atoms. The average molecular weight is 829 g/mol. The smallest absolute Gasteiger partial charge is 0.503 e. The number of benzene rings is 5. The number of pyridine rings is 1. The molecular weight excluding hydrogens is 800 g/mol. The summed E-state index contributed by atoms with van der Waals surface area (Å²) in [6.07, 6.45) is 5.71. The maximum Gasteiger partial charge on any atom is 2.00 e. The zero-order valence-corrected chi connectivity index (χ0v) is 29.7.